The molecule has 1 aromatic rings. The minimum Gasteiger partial charge on any atom is -0.494 e. The summed E-state index contributed by atoms with van der Waals surface area (Å²) in [7, 11) is 0. The predicted octanol–water partition coefficient (Wildman–Crippen LogP) is 3.58. The molecule has 3 heteroatoms. The van der Waals surface area contributed by atoms with Crippen LogP contribution < -0.4 is 10.1 Å². The van der Waals surface area contributed by atoms with E-state index in [1.54, 1.807) is 0 Å². The molecule has 1 fully saturated rings. The molecular formula is C15H24ClNO. The lowest BCUT2D eigenvalue weighted by Crippen LogP contribution is -2.35. The zero-order valence-electron chi connectivity index (χ0n) is 11.2. The molecule has 0 saturated carbocycles. The molecule has 2 nitrogen and oxygen atoms in total. The molecule has 102 valence electrons. The van der Waals surface area contributed by atoms with Crippen molar-refractivity contribution in [1.82, 2.24) is 5.32 Å². The molecule has 1 unspecified atom stereocenters. The third-order valence-electron chi connectivity index (χ3n) is 3.45. The lowest BCUT2D eigenvalue weighted by atomic mass is 10.0. The van der Waals surface area contributed by atoms with Crippen molar-refractivity contribution < 1.29 is 4.74 Å². The van der Waals surface area contributed by atoms with E-state index in [4.69, 9.17) is 4.74 Å². The van der Waals surface area contributed by atoms with Crippen molar-refractivity contribution in [2.45, 2.75) is 45.1 Å². The fourth-order valence-corrected chi connectivity index (χ4v) is 2.34. The van der Waals surface area contributed by atoms with Crippen molar-refractivity contribution >= 4 is 12.4 Å². The molecule has 0 amide bonds. The highest BCUT2D eigenvalue weighted by Gasteiger charge is 2.11. The van der Waals surface area contributed by atoms with Gasteiger partial charge in [-0.2, -0.15) is 0 Å². The van der Waals surface area contributed by atoms with Crippen molar-refractivity contribution in [3.05, 3.63) is 29.8 Å². The highest BCUT2D eigenvalue weighted by molar-refractivity contribution is 5.85. The Balaban J connectivity index is 0.00000162. The number of benzene rings is 1. The average molecular weight is 270 g/mol. The minimum absolute atomic E-state index is 0. The van der Waals surface area contributed by atoms with E-state index in [0.29, 0.717) is 6.04 Å². The Morgan fingerprint density at radius 2 is 2.22 bits per heavy atom. The van der Waals surface area contributed by atoms with E-state index in [9.17, 15) is 0 Å². The van der Waals surface area contributed by atoms with Crippen molar-refractivity contribution in [2.24, 2.45) is 0 Å². The van der Waals surface area contributed by atoms with Crippen LogP contribution in [0.3, 0.4) is 0 Å². The van der Waals surface area contributed by atoms with Gasteiger partial charge in [-0.3, -0.25) is 0 Å². The summed E-state index contributed by atoms with van der Waals surface area (Å²) in [5.41, 5.74) is 1.35. The fourth-order valence-electron chi connectivity index (χ4n) is 2.34. The predicted molar refractivity (Wildman–Crippen MR) is 78.8 cm³/mol. The molecular weight excluding hydrogens is 246 g/mol. The first-order chi connectivity index (χ1) is 8.38. The number of hydrogen-bond donors (Lipinski definition) is 1. The van der Waals surface area contributed by atoms with E-state index >= 15 is 0 Å². The highest BCUT2D eigenvalue weighted by Crippen LogP contribution is 2.15. The first-order valence-electron chi connectivity index (χ1n) is 6.83. The van der Waals surface area contributed by atoms with Gasteiger partial charge in [0.15, 0.2) is 0 Å². The molecule has 1 aliphatic heterocycles. The summed E-state index contributed by atoms with van der Waals surface area (Å²) in [5.74, 6) is 1.01. The van der Waals surface area contributed by atoms with Crippen LogP contribution in [0.5, 0.6) is 5.75 Å². The number of rotatable bonds is 5. The van der Waals surface area contributed by atoms with Gasteiger partial charge in [-0.25, -0.2) is 0 Å². The highest BCUT2D eigenvalue weighted by atomic mass is 35.5. The van der Waals surface area contributed by atoms with Gasteiger partial charge < -0.3 is 10.1 Å². The van der Waals surface area contributed by atoms with Gasteiger partial charge in [0, 0.05) is 6.04 Å². The number of ether oxygens (including phenoxy) is 1. The first kappa shape index (κ1) is 15.3. The second-order valence-electron chi connectivity index (χ2n) is 4.78. The standard InChI is InChI=1S/C15H23NO.ClH/c1-2-13-6-5-8-15(12-13)17-11-9-14-7-3-4-10-16-14;/h5-6,8,12,14,16H,2-4,7,9-11H2,1H3;1H. The smallest absolute Gasteiger partial charge is 0.119 e. The lowest BCUT2D eigenvalue weighted by molar-refractivity contribution is 0.268. The quantitative estimate of drug-likeness (QED) is 0.882. The topological polar surface area (TPSA) is 21.3 Å². The number of aryl methyl sites for hydroxylation is 1. The number of nitrogens with one attached hydrogen (secondary N) is 1. The average Bonchev–Trinajstić information content (AvgIpc) is 2.40. The normalized spacial score (nSPS) is 19.1. The monoisotopic (exact) mass is 269 g/mol. The number of hydrogen-bond acceptors (Lipinski definition) is 2. The van der Waals surface area contributed by atoms with E-state index in [2.05, 4.69) is 30.4 Å². The Hall–Kier alpha value is -0.730. The molecule has 1 saturated heterocycles. The zero-order valence-corrected chi connectivity index (χ0v) is 12.0. The van der Waals surface area contributed by atoms with Gasteiger partial charge in [0.25, 0.3) is 0 Å². The summed E-state index contributed by atoms with van der Waals surface area (Å²) in [6, 6.07) is 9.09. The molecule has 2 rings (SSSR count). The van der Waals surface area contributed by atoms with Gasteiger partial charge in [-0.05, 0) is 49.9 Å². The van der Waals surface area contributed by atoms with Crippen LogP contribution in [0.1, 0.15) is 38.2 Å². The zero-order chi connectivity index (χ0) is 11.9. The summed E-state index contributed by atoms with van der Waals surface area (Å²) in [5, 5.41) is 3.55. The molecule has 0 aliphatic carbocycles. The van der Waals surface area contributed by atoms with Crippen LogP contribution in [0.4, 0.5) is 0 Å². The van der Waals surface area contributed by atoms with Crippen molar-refractivity contribution in [1.29, 1.82) is 0 Å². The van der Waals surface area contributed by atoms with Gasteiger partial charge in [-0.15, -0.1) is 12.4 Å². The van der Waals surface area contributed by atoms with Gasteiger partial charge >= 0.3 is 0 Å². The second-order valence-corrected chi connectivity index (χ2v) is 4.78. The van der Waals surface area contributed by atoms with E-state index in [0.717, 1.165) is 25.2 Å². The maximum absolute atomic E-state index is 5.81. The Morgan fingerprint density at radius 1 is 1.33 bits per heavy atom. The van der Waals surface area contributed by atoms with Crippen LogP contribution in [0.2, 0.25) is 0 Å². The van der Waals surface area contributed by atoms with Crippen LogP contribution in [0.25, 0.3) is 0 Å². The third kappa shape index (κ3) is 4.87. The van der Waals surface area contributed by atoms with Crippen molar-refractivity contribution in [3.63, 3.8) is 0 Å². The van der Waals surface area contributed by atoms with Crippen LogP contribution in [0.15, 0.2) is 24.3 Å². The van der Waals surface area contributed by atoms with Gasteiger partial charge in [0.1, 0.15) is 5.75 Å². The van der Waals surface area contributed by atoms with E-state index in [1.807, 2.05) is 6.07 Å². The van der Waals surface area contributed by atoms with E-state index in [-0.39, 0.29) is 12.4 Å². The molecule has 0 radical (unpaired) electrons. The Bertz CT molecular complexity index is 337. The van der Waals surface area contributed by atoms with Crippen LogP contribution in [-0.2, 0) is 6.42 Å². The van der Waals surface area contributed by atoms with Gasteiger partial charge in [-0.1, -0.05) is 25.5 Å². The lowest BCUT2D eigenvalue weighted by Gasteiger charge is -2.23. The Kier molecular flexibility index (Phi) is 7.14. The Labute approximate surface area is 117 Å². The fraction of sp³-hybridized carbons (Fsp3) is 0.600. The van der Waals surface area contributed by atoms with Crippen LogP contribution in [0, 0.1) is 0 Å². The van der Waals surface area contributed by atoms with E-state index < -0.39 is 0 Å². The summed E-state index contributed by atoms with van der Waals surface area (Å²) in [4.78, 5) is 0. The summed E-state index contributed by atoms with van der Waals surface area (Å²) < 4.78 is 5.81. The van der Waals surface area contributed by atoms with Crippen molar-refractivity contribution in [2.75, 3.05) is 13.2 Å². The molecule has 1 aliphatic rings. The Morgan fingerprint density at radius 3 is 2.94 bits per heavy atom. The maximum Gasteiger partial charge on any atom is 0.119 e. The van der Waals surface area contributed by atoms with Crippen LogP contribution in [-0.4, -0.2) is 19.2 Å². The molecule has 18 heavy (non-hydrogen) atoms. The molecule has 1 heterocycles. The third-order valence-corrected chi connectivity index (χ3v) is 3.45. The minimum atomic E-state index is 0. The molecule has 1 atom stereocenters. The maximum atomic E-state index is 5.81. The van der Waals surface area contributed by atoms with Crippen molar-refractivity contribution in [3.8, 4) is 5.75 Å². The number of halogens is 1. The largest absolute Gasteiger partial charge is 0.494 e. The summed E-state index contributed by atoms with van der Waals surface area (Å²) in [6.45, 7) is 4.17. The molecule has 1 N–H and O–H groups in total. The summed E-state index contributed by atoms with van der Waals surface area (Å²) >= 11 is 0. The first-order valence-corrected chi connectivity index (χ1v) is 6.83. The molecule has 0 aromatic heterocycles. The second kappa shape index (κ2) is 8.39. The van der Waals surface area contributed by atoms with Gasteiger partial charge in [0.05, 0.1) is 6.61 Å². The molecule has 1 aromatic carbocycles. The van der Waals surface area contributed by atoms with Gasteiger partial charge in [0.2, 0.25) is 0 Å². The molecule has 0 spiro atoms. The van der Waals surface area contributed by atoms with Crippen LogP contribution >= 0.6 is 12.4 Å². The molecule has 0 bridgehead atoms. The summed E-state index contributed by atoms with van der Waals surface area (Å²) in [6.07, 6.45) is 6.19. The number of piperidine rings is 1. The van der Waals surface area contributed by atoms with E-state index in [1.165, 1.54) is 31.4 Å². The SMILES string of the molecule is CCc1cccc(OCCC2CCCCN2)c1.Cl.